The molecule has 2 rings (SSSR count). The fraction of sp³-hybridized carbons (Fsp3) is 0.429. The fourth-order valence-electron chi connectivity index (χ4n) is 1.69. The van der Waals surface area contributed by atoms with Crippen molar-refractivity contribution in [2.45, 2.75) is 26.3 Å². The fourth-order valence-corrected chi connectivity index (χ4v) is 2.52. The summed E-state index contributed by atoms with van der Waals surface area (Å²) in [6.45, 7) is 4.96. The summed E-state index contributed by atoms with van der Waals surface area (Å²) < 4.78 is 0. The van der Waals surface area contributed by atoms with E-state index in [2.05, 4.69) is 39.0 Å². The first-order chi connectivity index (χ1) is 9.38. The first-order valence-electron chi connectivity index (χ1n) is 6.66. The van der Waals surface area contributed by atoms with Gasteiger partial charge in [0.05, 0.1) is 5.69 Å². The van der Waals surface area contributed by atoms with E-state index >= 15 is 0 Å². The maximum absolute atomic E-state index is 4.47. The third-order valence-corrected chi connectivity index (χ3v) is 3.62. The van der Waals surface area contributed by atoms with Crippen molar-refractivity contribution < 1.29 is 0 Å². The Morgan fingerprint density at radius 1 is 1.32 bits per heavy atom. The van der Waals surface area contributed by atoms with E-state index < -0.39 is 0 Å². The second-order valence-corrected chi connectivity index (χ2v) is 5.17. The van der Waals surface area contributed by atoms with Gasteiger partial charge >= 0.3 is 0 Å². The van der Waals surface area contributed by atoms with Gasteiger partial charge < -0.3 is 10.6 Å². The largest absolute Gasteiger partial charge is 0.361 e. The highest BCUT2D eigenvalue weighted by atomic mass is 32.1. The normalized spacial score (nSPS) is 10.6. The molecule has 0 atom stereocenters. The first-order valence-corrected chi connectivity index (χ1v) is 7.54. The molecule has 19 heavy (non-hydrogen) atoms. The minimum atomic E-state index is 0.880. The minimum absolute atomic E-state index is 0.880. The van der Waals surface area contributed by atoms with Gasteiger partial charge in [0.15, 0.2) is 5.13 Å². The van der Waals surface area contributed by atoms with Gasteiger partial charge in [0, 0.05) is 30.9 Å². The summed E-state index contributed by atoms with van der Waals surface area (Å²) in [5.41, 5.74) is 2.39. The second-order valence-electron chi connectivity index (χ2n) is 4.32. The Hall–Kier alpha value is -1.46. The van der Waals surface area contributed by atoms with E-state index in [1.54, 1.807) is 17.5 Å². The lowest BCUT2D eigenvalue weighted by Gasteiger charge is -2.05. The van der Waals surface area contributed by atoms with Crippen LogP contribution in [-0.2, 0) is 13.0 Å². The van der Waals surface area contributed by atoms with Crippen molar-refractivity contribution in [1.29, 1.82) is 0 Å². The maximum Gasteiger partial charge on any atom is 0.182 e. The predicted octanol–water partition coefficient (Wildman–Crippen LogP) is 2.69. The number of hydrogen-bond acceptors (Lipinski definition) is 5. The zero-order valence-electron chi connectivity index (χ0n) is 11.2. The number of nitrogens with zero attached hydrogens (tertiary/aromatic N) is 2. The van der Waals surface area contributed by atoms with Crippen LogP contribution in [0.2, 0.25) is 0 Å². The lowest BCUT2D eigenvalue weighted by atomic mass is 10.3. The molecule has 2 heterocycles. The van der Waals surface area contributed by atoms with Crippen LogP contribution in [0.1, 0.15) is 24.6 Å². The van der Waals surface area contributed by atoms with Gasteiger partial charge in [-0.2, -0.15) is 0 Å². The average Bonchev–Trinajstić information content (AvgIpc) is 2.92. The van der Waals surface area contributed by atoms with Crippen LogP contribution in [0.4, 0.5) is 5.13 Å². The summed E-state index contributed by atoms with van der Waals surface area (Å²) in [6, 6.07) is 4.05. The van der Waals surface area contributed by atoms with Crippen LogP contribution < -0.4 is 10.6 Å². The first kappa shape index (κ1) is 14.0. The van der Waals surface area contributed by atoms with Gasteiger partial charge in [-0.15, -0.1) is 11.3 Å². The highest BCUT2D eigenvalue weighted by molar-refractivity contribution is 7.13. The predicted molar refractivity (Wildman–Crippen MR) is 80.5 cm³/mol. The molecule has 0 saturated heterocycles. The molecule has 0 aliphatic carbocycles. The molecule has 0 aliphatic heterocycles. The summed E-state index contributed by atoms with van der Waals surface area (Å²) in [4.78, 5) is 8.56. The molecule has 0 radical (unpaired) electrons. The molecule has 0 aliphatic rings. The summed E-state index contributed by atoms with van der Waals surface area (Å²) in [5.74, 6) is 0. The van der Waals surface area contributed by atoms with Gasteiger partial charge in [0.2, 0.25) is 0 Å². The van der Waals surface area contributed by atoms with Crippen LogP contribution in [0.25, 0.3) is 0 Å². The van der Waals surface area contributed by atoms with Crippen molar-refractivity contribution in [2.75, 3.05) is 18.4 Å². The standard InChI is InChI=1S/C14H20N4S/c1-2-13-11-19-14(18-13)17-8-4-7-16-10-12-5-3-6-15-9-12/h3,5-6,9,11,16H,2,4,7-8,10H2,1H3,(H,17,18). The van der Waals surface area contributed by atoms with Gasteiger partial charge in [-0.05, 0) is 31.0 Å². The molecule has 4 nitrogen and oxygen atoms in total. The third-order valence-electron chi connectivity index (χ3n) is 2.77. The summed E-state index contributed by atoms with van der Waals surface area (Å²) >= 11 is 1.68. The molecule has 0 aromatic carbocycles. The molecule has 0 unspecified atom stereocenters. The Balaban J connectivity index is 1.55. The van der Waals surface area contributed by atoms with Crippen molar-refractivity contribution >= 4 is 16.5 Å². The molecule has 2 aromatic rings. The molecule has 0 fully saturated rings. The maximum atomic E-state index is 4.47. The van der Waals surface area contributed by atoms with Crippen LogP contribution in [0.5, 0.6) is 0 Å². The van der Waals surface area contributed by atoms with E-state index in [9.17, 15) is 0 Å². The van der Waals surface area contributed by atoms with Gasteiger partial charge in [0.25, 0.3) is 0 Å². The van der Waals surface area contributed by atoms with Gasteiger partial charge in [-0.25, -0.2) is 4.98 Å². The van der Waals surface area contributed by atoms with Gasteiger partial charge in [0.1, 0.15) is 0 Å². The topological polar surface area (TPSA) is 49.8 Å². The zero-order valence-corrected chi connectivity index (χ0v) is 12.0. The van der Waals surface area contributed by atoms with E-state index in [0.717, 1.165) is 37.6 Å². The van der Waals surface area contributed by atoms with Crippen LogP contribution >= 0.6 is 11.3 Å². The number of aryl methyl sites for hydroxylation is 1. The highest BCUT2D eigenvalue weighted by Crippen LogP contribution is 2.15. The SMILES string of the molecule is CCc1csc(NCCCNCc2cccnc2)n1. The Kier molecular flexibility index (Phi) is 5.78. The van der Waals surface area contributed by atoms with E-state index in [1.807, 2.05) is 12.3 Å². The molecule has 2 aromatic heterocycles. The summed E-state index contributed by atoms with van der Waals surface area (Å²) in [7, 11) is 0. The van der Waals surface area contributed by atoms with Crippen LogP contribution in [-0.4, -0.2) is 23.1 Å². The Bertz CT molecular complexity index is 469. The third kappa shape index (κ3) is 4.96. The Morgan fingerprint density at radius 3 is 3.00 bits per heavy atom. The average molecular weight is 276 g/mol. The van der Waals surface area contributed by atoms with E-state index in [4.69, 9.17) is 0 Å². The molecule has 5 heteroatoms. The number of aromatic nitrogens is 2. The number of hydrogen-bond donors (Lipinski definition) is 2. The monoisotopic (exact) mass is 276 g/mol. The van der Waals surface area contributed by atoms with E-state index in [0.29, 0.717) is 0 Å². The van der Waals surface area contributed by atoms with Crippen molar-refractivity contribution in [3.8, 4) is 0 Å². The highest BCUT2D eigenvalue weighted by Gasteiger charge is 1.98. The number of pyridine rings is 1. The number of rotatable bonds is 8. The Morgan fingerprint density at radius 2 is 2.26 bits per heavy atom. The van der Waals surface area contributed by atoms with Gasteiger partial charge in [-0.3, -0.25) is 4.98 Å². The smallest absolute Gasteiger partial charge is 0.182 e. The summed E-state index contributed by atoms with van der Waals surface area (Å²) in [5, 5.41) is 9.91. The summed E-state index contributed by atoms with van der Waals surface area (Å²) in [6.07, 6.45) is 5.78. The molecule has 0 spiro atoms. The molecular formula is C14H20N4S. The lowest BCUT2D eigenvalue weighted by Crippen LogP contribution is -2.17. The molecule has 102 valence electrons. The molecule has 0 bridgehead atoms. The lowest BCUT2D eigenvalue weighted by molar-refractivity contribution is 0.662. The Labute approximate surface area is 118 Å². The second kappa shape index (κ2) is 7.86. The molecule has 0 saturated carbocycles. The van der Waals surface area contributed by atoms with Gasteiger partial charge in [-0.1, -0.05) is 13.0 Å². The number of anilines is 1. The molecule has 0 amide bonds. The molecular weight excluding hydrogens is 256 g/mol. The number of nitrogens with one attached hydrogen (secondary N) is 2. The van der Waals surface area contributed by atoms with Crippen molar-refractivity contribution in [3.05, 3.63) is 41.2 Å². The van der Waals surface area contributed by atoms with Crippen LogP contribution in [0, 0.1) is 0 Å². The van der Waals surface area contributed by atoms with E-state index in [-0.39, 0.29) is 0 Å². The van der Waals surface area contributed by atoms with Crippen molar-refractivity contribution in [3.63, 3.8) is 0 Å². The van der Waals surface area contributed by atoms with E-state index in [1.165, 1.54) is 11.3 Å². The quantitative estimate of drug-likeness (QED) is 0.728. The van der Waals surface area contributed by atoms with Crippen LogP contribution in [0.15, 0.2) is 29.9 Å². The number of thiazole rings is 1. The van der Waals surface area contributed by atoms with Crippen LogP contribution in [0.3, 0.4) is 0 Å². The molecule has 2 N–H and O–H groups in total. The zero-order chi connectivity index (χ0) is 13.3. The minimum Gasteiger partial charge on any atom is -0.361 e. The van der Waals surface area contributed by atoms with Crippen molar-refractivity contribution in [1.82, 2.24) is 15.3 Å². The van der Waals surface area contributed by atoms with Crippen molar-refractivity contribution in [2.24, 2.45) is 0 Å².